The van der Waals surface area contributed by atoms with Crippen LogP contribution in [0.25, 0.3) is 0 Å². The average molecular weight is 374 g/mol. The summed E-state index contributed by atoms with van der Waals surface area (Å²) in [4.78, 5) is 11.9. The van der Waals surface area contributed by atoms with Gasteiger partial charge in [-0.25, -0.2) is 4.79 Å². The molecule has 27 heavy (non-hydrogen) atoms. The molecule has 0 aliphatic heterocycles. The quantitative estimate of drug-likeness (QED) is 0.195. The van der Waals surface area contributed by atoms with Gasteiger partial charge in [0.1, 0.15) is 0 Å². The number of esters is 1. The van der Waals surface area contributed by atoms with Crippen LogP contribution >= 0.6 is 0 Å². The van der Waals surface area contributed by atoms with E-state index in [9.17, 15) is 4.79 Å². The Morgan fingerprint density at radius 3 is 1.96 bits per heavy atom. The van der Waals surface area contributed by atoms with Crippen LogP contribution in [0.2, 0.25) is 0 Å². The van der Waals surface area contributed by atoms with Gasteiger partial charge in [-0.1, -0.05) is 102 Å². The van der Waals surface area contributed by atoms with Crippen LogP contribution in [0.4, 0.5) is 5.69 Å². The summed E-state index contributed by atoms with van der Waals surface area (Å²) in [6.07, 6.45) is 15.4. The van der Waals surface area contributed by atoms with Gasteiger partial charge in [-0.05, 0) is 18.6 Å². The first kappa shape index (κ1) is 23.3. The summed E-state index contributed by atoms with van der Waals surface area (Å²) >= 11 is 0. The highest BCUT2D eigenvalue weighted by atomic mass is 16.5. The van der Waals surface area contributed by atoms with E-state index in [0.717, 1.165) is 18.5 Å². The molecule has 0 heterocycles. The summed E-state index contributed by atoms with van der Waals surface area (Å²) < 4.78 is 4.86. The molecule has 1 aromatic carbocycles. The predicted molar refractivity (Wildman–Crippen MR) is 116 cm³/mol. The fraction of sp³-hybridized carbons (Fsp3) is 0.625. The molecule has 1 aromatic rings. The maximum Gasteiger partial charge on any atom is 0.335 e. The number of hydrogen-bond acceptors (Lipinski definition) is 3. The number of unbranched alkanes of at least 4 members (excludes halogenated alkanes) is 10. The van der Waals surface area contributed by atoms with Crippen molar-refractivity contribution in [1.82, 2.24) is 0 Å². The van der Waals surface area contributed by atoms with Crippen molar-refractivity contribution >= 4 is 11.7 Å². The number of para-hydroxylation sites is 1. The summed E-state index contributed by atoms with van der Waals surface area (Å²) in [5.74, 6) is -0.327. The van der Waals surface area contributed by atoms with Gasteiger partial charge >= 0.3 is 5.97 Å². The van der Waals surface area contributed by atoms with Crippen molar-refractivity contribution in [3.05, 3.63) is 42.5 Å². The zero-order chi connectivity index (χ0) is 19.7. The van der Waals surface area contributed by atoms with Gasteiger partial charge in [0.05, 0.1) is 18.7 Å². The number of methoxy groups -OCH3 is 1. The molecular formula is C24H39NO2. The SMILES string of the molecule is C=C(C(=O)OC)[C@@H](CCCCCCCCCCCCC)Nc1ccccc1. The summed E-state index contributed by atoms with van der Waals surface area (Å²) in [5.41, 5.74) is 1.52. The van der Waals surface area contributed by atoms with Crippen LogP contribution in [0.15, 0.2) is 42.5 Å². The van der Waals surface area contributed by atoms with Crippen molar-refractivity contribution < 1.29 is 9.53 Å². The van der Waals surface area contributed by atoms with Gasteiger partial charge in [0.2, 0.25) is 0 Å². The minimum absolute atomic E-state index is 0.0709. The molecule has 3 heteroatoms. The van der Waals surface area contributed by atoms with Crippen molar-refractivity contribution in [1.29, 1.82) is 0 Å². The molecule has 0 aromatic heterocycles. The lowest BCUT2D eigenvalue weighted by Crippen LogP contribution is -2.26. The maximum atomic E-state index is 11.9. The minimum atomic E-state index is -0.327. The van der Waals surface area contributed by atoms with Gasteiger partial charge < -0.3 is 10.1 Å². The number of benzene rings is 1. The smallest absolute Gasteiger partial charge is 0.335 e. The third-order valence-electron chi connectivity index (χ3n) is 5.08. The molecule has 0 spiro atoms. The Morgan fingerprint density at radius 2 is 1.44 bits per heavy atom. The number of hydrogen-bond donors (Lipinski definition) is 1. The molecule has 3 nitrogen and oxygen atoms in total. The second-order valence-electron chi connectivity index (χ2n) is 7.40. The van der Waals surface area contributed by atoms with Crippen molar-refractivity contribution in [2.75, 3.05) is 12.4 Å². The van der Waals surface area contributed by atoms with Crippen LogP contribution < -0.4 is 5.32 Å². The Balaban J connectivity index is 2.23. The number of rotatable bonds is 16. The lowest BCUT2D eigenvalue weighted by molar-refractivity contribution is -0.136. The largest absolute Gasteiger partial charge is 0.466 e. The second kappa shape index (κ2) is 15.3. The molecule has 1 rings (SSSR count). The van der Waals surface area contributed by atoms with Crippen molar-refractivity contribution in [3.63, 3.8) is 0 Å². The number of carbonyl (C=O) groups is 1. The Labute approximate surface area is 166 Å². The lowest BCUT2D eigenvalue weighted by atomic mass is 9.99. The van der Waals surface area contributed by atoms with Gasteiger partial charge in [-0.15, -0.1) is 0 Å². The Morgan fingerprint density at radius 1 is 0.926 bits per heavy atom. The molecule has 0 amide bonds. The zero-order valence-corrected chi connectivity index (χ0v) is 17.5. The topological polar surface area (TPSA) is 38.3 Å². The maximum absolute atomic E-state index is 11.9. The van der Waals surface area contributed by atoms with Gasteiger partial charge in [-0.3, -0.25) is 0 Å². The van der Waals surface area contributed by atoms with Crippen LogP contribution in [-0.2, 0) is 9.53 Å². The van der Waals surface area contributed by atoms with E-state index in [1.54, 1.807) is 0 Å². The standard InChI is InChI=1S/C24H39NO2/c1-4-5-6-7-8-9-10-11-12-13-17-20-23(21(2)24(26)27-3)25-22-18-15-14-16-19-22/h14-16,18-19,23,25H,2,4-13,17,20H2,1,3H3/t23-/m1/s1. The third-order valence-corrected chi connectivity index (χ3v) is 5.08. The molecule has 1 atom stereocenters. The average Bonchev–Trinajstić information content (AvgIpc) is 2.70. The van der Waals surface area contributed by atoms with Crippen LogP contribution in [0, 0.1) is 0 Å². The van der Waals surface area contributed by atoms with Gasteiger partial charge in [-0.2, -0.15) is 0 Å². The van der Waals surface area contributed by atoms with E-state index in [1.807, 2.05) is 30.3 Å². The van der Waals surface area contributed by atoms with Crippen LogP contribution in [0.3, 0.4) is 0 Å². The first-order valence-corrected chi connectivity index (χ1v) is 10.8. The van der Waals surface area contributed by atoms with E-state index < -0.39 is 0 Å². The van der Waals surface area contributed by atoms with E-state index in [2.05, 4.69) is 18.8 Å². The summed E-state index contributed by atoms with van der Waals surface area (Å²) in [6.45, 7) is 6.22. The monoisotopic (exact) mass is 373 g/mol. The Bertz CT molecular complexity index is 512. The van der Waals surface area contributed by atoms with Crippen LogP contribution in [-0.4, -0.2) is 19.1 Å². The lowest BCUT2D eigenvalue weighted by Gasteiger charge is -2.21. The van der Waals surface area contributed by atoms with E-state index >= 15 is 0 Å². The summed E-state index contributed by atoms with van der Waals surface area (Å²) in [5, 5.41) is 3.43. The highest BCUT2D eigenvalue weighted by molar-refractivity contribution is 5.89. The molecule has 0 unspecified atom stereocenters. The number of nitrogens with one attached hydrogen (secondary N) is 1. The van der Waals surface area contributed by atoms with Crippen molar-refractivity contribution in [3.8, 4) is 0 Å². The highest BCUT2D eigenvalue weighted by Crippen LogP contribution is 2.19. The molecular weight excluding hydrogens is 334 g/mol. The van der Waals surface area contributed by atoms with Crippen molar-refractivity contribution in [2.24, 2.45) is 0 Å². The normalized spacial score (nSPS) is 11.8. The first-order valence-electron chi connectivity index (χ1n) is 10.8. The van der Waals surface area contributed by atoms with Crippen molar-refractivity contribution in [2.45, 2.75) is 90.0 Å². The van der Waals surface area contributed by atoms with E-state index in [0.29, 0.717) is 5.57 Å². The van der Waals surface area contributed by atoms with Crippen LogP contribution in [0.1, 0.15) is 84.0 Å². The number of anilines is 1. The molecule has 0 saturated heterocycles. The minimum Gasteiger partial charge on any atom is -0.466 e. The molecule has 0 saturated carbocycles. The van der Waals surface area contributed by atoms with Gasteiger partial charge in [0, 0.05) is 5.69 Å². The molecule has 0 aliphatic carbocycles. The van der Waals surface area contributed by atoms with E-state index in [-0.39, 0.29) is 12.0 Å². The predicted octanol–water partition coefficient (Wildman–Crippen LogP) is 6.90. The number of carbonyl (C=O) groups excluding carboxylic acids is 1. The van der Waals surface area contributed by atoms with E-state index in [4.69, 9.17) is 4.74 Å². The summed E-state index contributed by atoms with van der Waals surface area (Å²) in [6, 6.07) is 9.92. The highest BCUT2D eigenvalue weighted by Gasteiger charge is 2.19. The molecule has 0 aliphatic rings. The number of ether oxygens (including phenoxy) is 1. The van der Waals surface area contributed by atoms with Gasteiger partial charge in [0.25, 0.3) is 0 Å². The van der Waals surface area contributed by atoms with Gasteiger partial charge in [0.15, 0.2) is 0 Å². The first-order chi connectivity index (χ1) is 13.2. The molecule has 1 N–H and O–H groups in total. The molecule has 0 radical (unpaired) electrons. The Hall–Kier alpha value is -1.77. The molecule has 152 valence electrons. The second-order valence-corrected chi connectivity index (χ2v) is 7.40. The molecule has 0 bridgehead atoms. The zero-order valence-electron chi connectivity index (χ0n) is 17.5. The summed E-state index contributed by atoms with van der Waals surface area (Å²) in [7, 11) is 1.41. The fourth-order valence-corrected chi connectivity index (χ4v) is 3.36. The third kappa shape index (κ3) is 10.8. The molecule has 0 fully saturated rings. The Kier molecular flexibility index (Phi) is 13.2. The fourth-order valence-electron chi connectivity index (χ4n) is 3.36. The van der Waals surface area contributed by atoms with E-state index in [1.165, 1.54) is 71.3 Å². The van der Waals surface area contributed by atoms with Crippen LogP contribution in [0.5, 0.6) is 0 Å².